The van der Waals surface area contributed by atoms with Crippen molar-refractivity contribution in [3.05, 3.63) is 53.7 Å². The summed E-state index contributed by atoms with van der Waals surface area (Å²) in [7, 11) is 3.87. The third kappa shape index (κ3) is 4.58. The fourth-order valence-electron chi connectivity index (χ4n) is 2.79. The second kappa shape index (κ2) is 7.98. The summed E-state index contributed by atoms with van der Waals surface area (Å²) in [5.41, 5.74) is 0.825. The molecule has 0 bridgehead atoms. The molecule has 2 aromatic carbocycles. The number of rotatable bonds is 7. The van der Waals surface area contributed by atoms with Gasteiger partial charge in [0.2, 0.25) is 0 Å². The Bertz CT molecular complexity index is 907. The summed E-state index contributed by atoms with van der Waals surface area (Å²) in [5, 5.41) is 11.2. The topological polar surface area (TPSA) is 53.2 Å². The molecule has 1 aromatic heterocycles. The van der Waals surface area contributed by atoms with E-state index >= 15 is 0 Å². The maximum Gasteiger partial charge on any atom is 0.419 e. The van der Waals surface area contributed by atoms with E-state index in [1.807, 2.05) is 14.1 Å². The molecule has 0 atom stereocenters. The van der Waals surface area contributed by atoms with Crippen molar-refractivity contribution in [2.24, 2.45) is 0 Å². The number of hydrogen-bond acceptors (Lipinski definition) is 4. The normalized spacial score (nSPS) is 12.1. The van der Waals surface area contributed by atoms with Crippen molar-refractivity contribution in [3.63, 3.8) is 0 Å². The van der Waals surface area contributed by atoms with Gasteiger partial charge in [0.1, 0.15) is 11.5 Å². The minimum Gasteiger partial charge on any atom is -0.457 e. The molecule has 27 heavy (non-hydrogen) atoms. The van der Waals surface area contributed by atoms with Crippen molar-refractivity contribution in [1.82, 2.24) is 20.4 Å². The molecule has 8 heteroatoms. The van der Waals surface area contributed by atoms with Gasteiger partial charge in [-0.15, -0.1) is 0 Å². The fraction of sp³-hybridized carbons (Fsp3) is 0.316. The van der Waals surface area contributed by atoms with Gasteiger partial charge in [-0.2, -0.15) is 18.3 Å². The van der Waals surface area contributed by atoms with Gasteiger partial charge < -0.3 is 10.1 Å². The smallest absolute Gasteiger partial charge is 0.419 e. The zero-order valence-corrected chi connectivity index (χ0v) is 15.1. The van der Waals surface area contributed by atoms with E-state index < -0.39 is 11.7 Å². The first-order valence-corrected chi connectivity index (χ1v) is 8.52. The van der Waals surface area contributed by atoms with Gasteiger partial charge >= 0.3 is 6.18 Å². The van der Waals surface area contributed by atoms with Crippen LogP contribution < -0.4 is 10.1 Å². The van der Waals surface area contributed by atoms with Crippen LogP contribution >= 0.6 is 0 Å². The minimum atomic E-state index is -4.47. The van der Waals surface area contributed by atoms with Crippen LogP contribution in [0.4, 0.5) is 13.2 Å². The van der Waals surface area contributed by atoms with Crippen LogP contribution in [0.3, 0.4) is 0 Å². The molecule has 0 spiro atoms. The van der Waals surface area contributed by atoms with Crippen LogP contribution in [0, 0.1) is 0 Å². The van der Waals surface area contributed by atoms with Crippen LogP contribution in [0.5, 0.6) is 11.5 Å². The van der Waals surface area contributed by atoms with E-state index in [0.29, 0.717) is 12.3 Å². The fourth-order valence-corrected chi connectivity index (χ4v) is 2.79. The highest BCUT2D eigenvalue weighted by molar-refractivity contribution is 5.82. The average molecular weight is 378 g/mol. The summed E-state index contributed by atoms with van der Waals surface area (Å²) >= 11 is 0. The first-order chi connectivity index (χ1) is 12.9. The van der Waals surface area contributed by atoms with Crippen LogP contribution in [0.25, 0.3) is 10.9 Å². The Labute approximate surface area is 155 Å². The molecule has 3 rings (SSSR count). The number of nitrogens with zero attached hydrogens (tertiary/aromatic N) is 2. The molecule has 0 fully saturated rings. The lowest BCUT2D eigenvalue weighted by atomic mass is 10.1. The number of ether oxygens (including phenoxy) is 1. The number of nitrogens with one attached hydrogen (secondary N) is 2. The zero-order chi connectivity index (χ0) is 19.4. The highest BCUT2D eigenvalue weighted by Gasteiger charge is 2.34. The lowest BCUT2D eigenvalue weighted by Crippen LogP contribution is -2.27. The van der Waals surface area contributed by atoms with Crippen LogP contribution in [0.2, 0.25) is 0 Å². The molecule has 0 aliphatic carbocycles. The highest BCUT2D eigenvalue weighted by Crippen LogP contribution is 2.38. The van der Waals surface area contributed by atoms with Crippen molar-refractivity contribution in [1.29, 1.82) is 0 Å². The Morgan fingerprint density at radius 3 is 2.70 bits per heavy atom. The van der Waals surface area contributed by atoms with E-state index in [2.05, 4.69) is 20.4 Å². The van der Waals surface area contributed by atoms with E-state index in [1.54, 1.807) is 18.2 Å². The van der Waals surface area contributed by atoms with E-state index in [4.69, 9.17) is 4.74 Å². The van der Waals surface area contributed by atoms with Crippen LogP contribution in [0.1, 0.15) is 11.3 Å². The van der Waals surface area contributed by atoms with Crippen LogP contribution in [-0.2, 0) is 12.7 Å². The predicted molar refractivity (Wildman–Crippen MR) is 97.9 cm³/mol. The van der Waals surface area contributed by atoms with Crippen molar-refractivity contribution < 1.29 is 17.9 Å². The molecule has 1 heterocycles. The van der Waals surface area contributed by atoms with Crippen molar-refractivity contribution >= 4 is 10.9 Å². The van der Waals surface area contributed by atoms with Gasteiger partial charge in [0.25, 0.3) is 0 Å². The predicted octanol–water partition coefficient (Wildman–Crippen LogP) is 4.03. The molecule has 5 nitrogen and oxygen atoms in total. The Morgan fingerprint density at radius 1 is 1.19 bits per heavy atom. The maximum absolute atomic E-state index is 13.2. The summed E-state index contributed by atoms with van der Waals surface area (Å²) in [6.07, 6.45) is -4.47. The molecule has 0 saturated heterocycles. The quantitative estimate of drug-likeness (QED) is 0.652. The summed E-state index contributed by atoms with van der Waals surface area (Å²) < 4.78 is 45.0. The summed E-state index contributed by atoms with van der Waals surface area (Å²) in [6.45, 7) is 2.31. The number of aromatic amines is 1. The van der Waals surface area contributed by atoms with Crippen molar-refractivity contribution in [3.8, 4) is 11.5 Å². The third-order valence-corrected chi connectivity index (χ3v) is 4.20. The maximum atomic E-state index is 13.2. The molecule has 0 saturated carbocycles. The molecule has 0 unspecified atom stereocenters. The number of para-hydroxylation sites is 1. The number of alkyl halides is 3. The Kier molecular flexibility index (Phi) is 5.67. The number of fused-ring (bicyclic) bond motifs is 1. The molecular formula is C19H21F3N4O. The zero-order valence-electron chi connectivity index (χ0n) is 15.1. The molecule has 0 aliphatic heterocycles. The number of hydrogen-bond donors (Lipinski definition) is 2. The second-order valence-electron chi connectivity index (χ2n) is 6.32. The van der Waals surface area contributed by atoms with Gasteiger partial charge in [-0.1, -0.05) is 12.1 Å². The number of aromatic nitrogens is 2. The van der Waals surface area contributed by atoms with Crippen molar-refractivity contribution in [2.45, 2.75) is 12.7 Å². The van der Waals surface area contributed by atoms with E-state index in [9.17, 15) is 13.2 Å². The molecule has 0 aliphatic rings. The van der Waals surface area contributed by atoms with Crippen LogP contribution in [-0.4, -0.2) is 42.3 Å². The van der Waals surface area contributed by atoms with Gasteiger partial charge in [0.15, 0.2) is 0 Å². The molecule has 2 N–H and O–H groups in total. The van der Waals surface area contributed by atoms with Gasteiger partial charge in [-0.25, -0.2) is 0 Å². The lowest BCUT2D eigenvalue weighted by Gasteiger charge is -2.15. The van der Waals surface area contributed by atoms with Gasteiger partial charge in [-0.3, -0.25) is 10.00 Å². The van der Waals surface area contributed by atoms with Gasteiger partial charge in [-0.05, 0) is 44.4 Å². The van der Waals surface area contributed by atoms with E-state index in [1.165, 1.54) is 18.2 Å². The molecule has 0 radical (unpaired) electrons. The molecule has 144 valence electrons. The van der Waals surface area contributed by atoms with Crippen molar-refractivity contribution in [2.75, 3.05) is 27.2 Å². The second-order valence-corrected chi connectivity index (χ2v) is 6.32. The first-order valence-electron chi connectivity index (χ1n) is 8.52. The Hall–Kier alpha value is -2.58. The van der Waals surface area contributed by atoms with E-state index in [-0.39, 0.29) is 5.75 Å². The number of likely N-dealkylation sites (N-methyl/N-ethyl adjacent to an activating group) is 2. The summed E-state index contributed by atoms with van der Waals surface area (Å²) in [6, 6.07) is 10.3. The molecular weight excluding hydrogens is 357 g/mol. The highest BCUT2D eigenvalue weighted by atomic mass is 19.4. The molecule has 0 amide bonds. The summed E-state index contributed by atoms with van der Waals surface area (Å²) in [5.74, 6) is 0.111. The van der Waals surface area contributed by atoms with E-state index in [0.717, 1.165) is 35.8 Å². The van der Waals surface area contributed by atoms with Gasteiger partial charge in [0, 0.05) is 25.0 Å². The number of halogens is 3. The average Bonchev–Trinajstić information content (AvgIpc) is 3.02. The Morgan fingerprint density at radius 2 is 1.96 bits per heavy atom. The largest absolute Gasteiger partial charge is 0.457 e. The Balaban J connectivity index is 1.86. The number of benzene rings is 2. The third-order valence-electron chi connectivity index (χ3n) is 4.20. The SMILES string of the molecule is CNCCN(C)Cc1n[nH]c2ccc(Oc3ccccc3C(F)(F)F)cc12. The first kappa shape index (κ1) is 19.2. The lowest BCUT2D eigenvalue weighted by molar-refractivity contribution is -0.138. The minimum absolute atomic E-state index is 0.222. The molecule has 3 aromatic rings. The monoisotopic (exact) mass is 378 g/mol. The summed E-state index contributed by atoms with van der Waals surface area (Å²) in [4.78, 5) is 2.11. The van der Waals surface area contributed by atoms with Gasteiger partial charge in [0.05, 0.1) is 16.8 Å². The van der Waals surface area contributed by atoms with Crippen LogP contribution in [0.15, 0.2) is 42.5 Å². The standard InChI is InChI=1S/C19H21F3N4O/c1-23-9-10-26(2)12-17-14-11-13(7-8-16(14)24-25-17)27-18-6-4-3-5-15(18)19(20,21)22/h3-8,11,23H,9-10,12H2,1-2H3,(H,24,25). The number of H-pyrrole nitrogens is 1.